The van der Waals surface area contributed by atoms with Crippen molar-refractivity contribution in [3.63, 3.8) is 0 Å². The largest absolute Gasteiger partial charge is 0.465 e. The van der Waals surface area contributed by atoms with Crippen molar-refractivity contribution in [2.75, 3.05) is 17.3 Å². The van der Waals surface area contributed by atoms with E-state index in [1.54, 1.807) is 12.1 Å². The Balaban J connectivity index is 1.87. The van der Waals surface area contributed by atoms with Crippen molar-refractivity contribution in [1.82, 2.24) is 0 Å². The van der Waals surface area contributed by atoms with Gasteiger partial charge in [-0.15, -0.1) is 0 Å². The lowest BCUT2D eigenvalue weighted by Gasteiger charge is -2.16. The summed E-state index contributed by atoms with van der Waals surface area (Å²) in [6.07, 6.45) is 0. The average Bonchev–Trinajstić information content (AvgIpc) is 2.91. The third kappa shape index (κ3) is 3.64. The molecule has 0 saturated carbocycles. The molecule has 6 nitrogen and oxygen atoms in total. The van der Waals surface area contributed by atoms with Gasteiger partial charge in [0.1, 0.15) is 10.7 Å². The molecule has 2 aromatic rings. The smallest absolute Gasteiger partial charge is 0.337 e. The van der Waals surface area contributed by atoms with Crippen LogP contribution in [-0.2, 0) is 14.3 Å². The van der Waals surface area contributed by atoms with Crippen molar-refractivity contribution < 1.29 is 19.1 Å². The molecule has 144 valence electrons. The van der Waals surface area contributed by atoms with E-state index in [0.29, 0.717) is 11.6 Å². The SMILES string of the molecule is COC(=O)c1cccc(N2C(=O)C(Cl)=C(Nc3ccc(C(C)C)cc3)C2=O)c1. The van der Waals surface area contributed by atoms with Gasteiger partial charge in [0.25, 0.3) is 11.8 Å². The summed E-state index contributed by atoms with van der Waals surface area (Å²) in [6, 6.07) is 13.6. The number of nitrogens with zero attached hydrogens (tertiary/aromatic N) is 1. The fraction of sp³-hybridized carbons (Fsp3) is 0.190. The van der Waals surface area contributed by atoms with Crippen molar-refractivity contribution >= 4 is 40.8 Å². The van der Waals surface area contributed by atoms with E-state index in [9.17, 15) is 14.4 Å². The van der Waals surface area contributed by atoms with E-state index in [1.165, 1.54) is 19.2 Å². The van der Waals surface area contributed by atoms with E-state index >= 15 is 0 Å². The number of amides is 2. The Morgan fingerprint density at radius 1 is 1.07 bits per heavy atom. The van der Waals surface area contributed by atoms with E-state index in [-0.39, 0.29) is 22.0 Å². The molecule has 28 heavy (non-hydrogen) atoms. The summed E-state index contributed by atoms with van der Waals surface area (Å²) in [5.41, 5.74) is 2.25. The topological polar surface area (TPSA) is 75.7 Å². The lowest BCUT2D eigenvalue weighted by atomic mass is 10.0. The van der Waals surface area contributed by atoms with E-state index in [4.69, 9.17) is 11.6 Å². The highest BCUT2D eigenvalue weighted by Gasteiger charge is 2.39. The first-order valence-corrected chi connectivity index (χ1v) is 9.05. The number of ether oxygens (including phenoxy) is 1. The fourth-order valence-corrected chi connectivity index (χ4v) is 3.04. The van der Waals surface area contributed by atoms with E-state index in [0.717, 1.165) is 10.5 Å². The Labute approximate surface area is 167 Å². The molecule has 3 rings (SSSR count). The van der Waals surface area contributed by atoms with Crippen molar-refractivity contribution in [3.8, 4) is 0 Å². The van der Waals surface area contributed by atoms with Gasteiger partial charge in [-0.3, -0.25) is 9.59 Å². The lowest BCUT2D eigenvalue weighted by Crippen LogP contribution is -2.32. The van der Waals surface area contributed by atoms with Crippen molar-refractivity contribution in [1.29, 1.82) is 0 Å². The van der Waals surface area contributed by atoms with Gasteiger partial charge in [-0.2, -0.15) is 0 Å². The van der Waals surface area contributed by atoms with Crippen molar-refractivity contribution in [2.45, 2.75) is 19.8 Å². The van der Waals surface area contributed by atoms with Crippen LogP contribution in [-0.4, -0.2) is 24.9 Å². The Bertz CT molecular complexity index is 980. The number of carbonyl (C=O) groups excluding carboxylic acids is 3. The number of esters is 1. The maximum absolute atomic E-state index is 12.8. The number of hydrogen-bond donors (Lipinski definition) is 1. The number of methoxy groups -OCH3 is 1. The Morgan fingerprint density at radius 2 is 1.75 bits per heavy atom. The third-order valence-corrected chi connectivity index (χ3v) is 4.75. The summed E-state index contributed by atoms with van der Waals surface area (Å²) < 4.78 is 4.68. The molecule has 7 heteroatoms. The summed E-state index contributed by atoms with van der Waals surface area (Å²) in [5, 5.41) is 2.72. The van der Waals surface area contributed by atoms with Crippen LogP contribution < -0.4 is 10.2 Å². The number of imide groups is 1. The standard InChI is InChI=1S/C21H19ClN2O4/c1-12(2)13-7-9-15(10-8-13)23-18-17(22)19(25)24(20(18)26)16-6-4-5-14(11-16)21(27)28-3/h4-12,23H,1-3H3. The number of nitrogens with one attached hydrogen (secondary N) is 1. The normalized spacial score (nSPS) is 14.1. The van der Waals surface area contributed by atoms with E-state index in [1.807, 2.05) is 24.3 Å². The molecule has 0 aliphatic carbocycles. The van der Waals surface area contributed by atoms with Gasteiger partial charge in [0.15, 0.2) is 0 Å². The number of hydrogen-bond acceptors (Lipinski definition) is 5. The predicted molar refractivity (Wildman–Crippen MR) is 107 cm³/mol. The molecule has 0 atom stereocenters. The number of carbonyl (C=O) groups is 3. The molecule has 1 aliphatic rings. The average molecular weight is 399 g/mol. The molecule has 0 radical (unpaired) electrons. The van der Waals surface area contributed by atoms with Crippen LogP contribution in [0.3, 0.4) is 0 Å². The highest BCUT2D eigenvalue weighted by atomic mass is 35.5. The summed E-state index contributed by atoms with van der Waals surface area (Å²) in [4.78, 5) is 38.1. The van der Waals surface area contributed by atoms with Crippen LogP contribution >= 0.6 is 11.6 Å². The molecule has 0 saturated heterocycles. The minimum Gasteiger partial charge on any atom is -0.465 e. The van der Waals surface area contributed by atoms with Crippen LogP contribution in [0.25, 0.3) is 0 Å². The van der Waals surface area contributed by atoms with Crippen LogP contribution in [0, 0.1) is 0 Å². The molecule has 2 aromatic carbocycles. The maximum Gasteiger partial charge on any atom is 0.337 e. The van der Waals surface area contributed by atoms with Gasteiger partial charge >= 0.3 is 5.97 Å². The van der Waals surface area contributed by atoms with Gasteiger partial charge in [0.05, 0.1) is 18.4 Å². The van der Waals surface area contributed by atoms with E-state index in [2.05, 4.69) is 23.9 Å². The summed E-state index contributed by atoms with van der Waals surface area (Å²) in [6.45, 7) is 4.17. The number of rotatable bonds is 5. The fourth-order valence-electron chi connectivity index (χ4n) is 2.83. The zero-order valence-electron chi connectivity index (χ0n) is 15.7. The molecule has 0 unspecified atom stereocenters. The summed E-state index contributed by atoms with van der Waals surface area (Å²) >= 11 is 6.14. The highest BCUT2D eigenvalue weighted by molar-refractivity contribution is 6.53. The Kier molecular flexibility index (Phi) is 5.51. The zero-order chi connectivity index (χ0) is 20.4. The molecule has 1 aliphatic heterocycles. The van der Waals surface area contributed by atoms with Crippen LogP contribution in [0.4, 0.5) is 11.4 Å². The Hall–Kier alpha value is -3.12. The van der Waals surface area contributed by atoms with Crippen molar-refractivity contribution in [2.24, 2.45) is 0 Å². The second kappa shape index (κ2) is 7.86. The first-order valence-electron chi connectivity index (χ1n) is 8.67. The molecule has 0 aromatic heterocycles. The monoisotopic (exact) mass is 398 g/mol. The minimum absolute atomic E-state index is 0.00700. The van der Waals surface area contributed by atoms with Gasteiger partial charge in [0, 0.05) is 5.69 Å². The van der Waals surface area contributed by atoms with Gasteiger partial charge in [0.2, 0.25) is 0 Å². The van der Waals surface area contributed by atoms with Crippen molar-refractivity contribution in [3.05, 3.63) is 70.4 Å². The Morgan fingerprint density at radius 3 is 2.36 bits per heavy atom. The zero-order valence-corrected chi connectivity index (χ0v) is 16.4. The number of anilines is 2. The first kappa shape index (κ1) is 19.6. The highest BCUT2D eigenvalue weighted by Crippen LogP contribution is 2.31. The van der Waals surface area contributed by atoms with Crippen LogP contribution in [0.15, 0.2) is 59.3 Å². The maximum atomic E-state index is 12.8. The predicted octanol–water partition coefficient (Wildman–Crippen LogP) is 4.03. The second-order valence-corrected chi connectivity index (χ2v) is 6.96. The van der Waals surface area contributed by atoms with Crippen LogP contribution in [0.1, 0.15) is 35.7 Å². The van der Waals surface area contributed by atoms with Gasteiger partial charge in [-0.1, -0.05) is 43.6 Å². The molecule has 0 spiro atoms. The number of benzene rings is 2. The number of halogens is 1. The molecule has 1 N–H and O–H groups in total. The van der Waals surface area contributed by atoms with Gasteiger partial charge in [-0.05, 0) is 41.8 Å². The molecule has 0 fully saturated rings. The summed E-state index contributed by atoms with van der Waals surface area (Å²) in [5.74, 6) is -1.44. The molecule has 1 heterocycles. The quantitative estimate of drug-likeness (QED) is 0.607. The summed E-state index contributed by atoms with van der Waals surface area (Å²) in [7, 11) is 1.26. The molecule has 0 bridgehead atoms. The molecular formula is C21H19ClN2O4. The van der Waals surface area contributed by atoms with Gasteiger partial charge in [-0.25, -0.2) is 9.69 Å². The first-order chi connectivity index (χ1) is 13.3. The van der Waals surface area contributed by atoms with Crippen LogP contribution in [0.2, 0.25) is 0 Å². The van der Waals surface area contributed by atoms with E-state index < -0.39 is 17.8 Å². The second-order valence-electron chi connectivity index (χ2n) is 6.58. The molecular weight excluding hydrogens is 380 g/mol. The third-order valence-electron chi connectivity index (χ3n) is 4.40. The van der Waals surface area contributed by atoms with Gasteiger partial charge < -0.3 is 10.1 Å². The van der Waals surface area contributed by atoms with Crippen LogP contribution in [0.5, 0.6) is 0 Å². The minimum atomic E-state index is -0.657. The lowest BCUT2D eigenvalue weighted by molar-refractivity contribution is -0.120. The molecule has 2 amide bonds.